The number of carboxylic acid groups (broad SMARTS) is 1. The lowest BCUT2D eigenvalue weighted by molar-refractivity contribution is -0.117. The largest absolute Gasteiger partial charge is 0.508 e. The van der Waals surface area contributed by atoms with E-state index < -0.39 is 12.4 Å². The van der Waals surface area contributed by atoms with Crippen molar-refractivity contribution in [3.8, 4) is 0 Å². The quantitative estimate of drug-likeness (QED) is 0.381. The second-order valence-corrected chi connectivity index (χ2v) is 2.76. The normalized spacial score (nSPS) is 12.5. The molecule has 0 spiro atoms. The molecule has 0 amide bonds. The van der Waals surface area contributed by atoms with Gasteiger partial charge in [-0.15, -0.1) is 0 Å². The minimum absolute atomic E-state index is 0.476. The topological polar surface area (TPSA) is 55.8 Å². The Morgan fingerprint density at radius 1 is 1.38 bits per heavy atom. The number of hydrogen-bond acceptors (Lipinski definition) is 3. The van der Waals surface area contributed by atoms with Crippen LogP contribution in [-0.2, 0) is 9.47 Å². The monoisotopic (exact) mass is 190 g/mol. The van der Waals surface area contributed by atoms with Crippen LogP contribution >= 0.6 is 0 Å². The molecule has 0 rings (SSSR count). The molecule has 1 N–H and O–H groups in total. The fraction of sp³-hybridized carbons (Fsp3) is 0.889. The summed E-state index contributed by atoms with van der Waals surface area (Å²) in [6.45, 7) is 4.38. The molecule has 13 heavy (non-hydrogen) atoms. The number of carbonyl (C=O) groups is 1. The lowest BCUT2D eigenvalue weighted by atomic mass is 10.2. The van der Waals surface area contributed by atoms with Gasteiger partial charge in [-0.25, -0.2) is 4.79 Å². The van der Waals surface area contributed by atoms with Crippen molar-refractivity contribution in [3.63, 3.8) is 0 Å². The van der Waals surface area contributed by atoms with E-state index in [0.717, 1.165) is 19.3 Å². The number of unbranched alkanes of at least 4 members (excludes halogenated alkanes) is 2. The average Bonchev–Trinajstić information content (AvgIpc) is 2.04. The van der Waals surface area contributed by atoms with E-state index in [0.29, 0.717) is 13.0 Å². The molecule has 0 saturated carbocycles. The zero-order valence-corrected chi connectivity index (χ0v) is 8.28. The van der Waals surface area contributed by atoms with Gasteiger partial charge in [0, 0.05) is 13.0 Å². The molecule has 78 valence electrons. The van der Waals surface area contributed by atoms with E-state index in [1.807, 2.05) is 6.92 Å². The van der Waals surface area contributed by atoms with Gasteiger partial charge in [-0.1, -0.05) is 19.8 Å². The van der Waals surface area contributed by atoms with Crippen LogP contribution in [0.15, 0.2) is 0 Å². The molecular weight excluding hydrogens is 172 g/mol. The molecule has 0 aliphatic heterocycles. The Morgan fingerprint density at radius 3 is 2.54 bits per heavy atom. The summed E-state index contributed by atoms with van der Waals surface area (Å²) in [4.78, 5) is 10.2. The van der Waals surface area contributed by atoms with Crippen LogP contribution in [0.3, 0.4) is 0 Å². The Hall–Kier alpha value is -0.770. The van der Waals surface area contributed by atoms with Crippen LogP contribution in [0.1, 0.15) is 39.5 Å². The highest BCUT2D eigenvalue weighted by Gasteiger charge is 2.12. The average molecular weight is 190 g/mol. The lowest BCUT2D eigenvalue weighted by Gasteiger charge is -2.14. The third-order valence-electron chi connectivity index (χ3n) is 1.63. The van der Waals surface area contributed by atoms with Crippen molar-refractivity contribution < 1.29 is 19.4 Å². The van der Waals surface area contributed by atoms with Crippen LogP contribution in [0.5, 0.6) is 0 Å². The van der Waals surface area contributed by atoms with Gasteiger partial charge in [0.05, 0.1) is 0 Å². The summed E-state index contributed by atoms with van der Waals surface area (Å²) in [6.07, 6.45) is 1.91. The summed E-state index contributed by atoms with van der Waals surface area (Å²) in [7, 11) is 0. The van der Waals surface area contributed by atoms with Crippen molar-refractivity contribution in [2.75, 3.05) is 6.61 Å². The zero-order valence-electron chi connectivity index (χ0n) is 8.28. The predicted molar refractivity (Wildman–Crippen MR) is 48.7 cm³/mol. The van der Waals surface area contributed by atoms with E-state index in [4.69, 9.17) is 9.84 Å². The van der Waals surface area contributed by atoms with Gasteiger partial charge >= 0.3 is 6.16 Å². The Balaban J connectivity index is 3.59. The van der Waals surface area contributed by atoms with Crippen molar-refractivity contribution in [1.82, 2.24) is 0 Å². The van der Waals surface area contributed by atoms with E-state index in [1.54, 1.807) is 0 Å². The molecule has 0 aliphatic carbocycles. The van der Waals surface area contributed by atoms with E-state index in [1.165, 1.54) is 0 Å². The maximum absolute atomic E-state index is 10.2. The summed E-state index contributed by atoms with van der Waals surface area (Å²) in [5, 5.41) is 8.36. The van der Waals surface area contributed by atoms with Crippen LogP contribution in [0.2, 0.25) is 0 Å². The van der Waals surface area contributed by atoms with Crippen molar-refractivity contribution >= 4 is 6.16 Å². The fourth-order valence-electron chi connectivity index (χ4n) is 1.04. The summed E-state index contributed by atoms with van der Waals surface area (Å²) in [5.41, 5.74) is 0. The molecule has 0 heterocycles. The highest BCUT2D eigenvalue weighted by atomic mass is 16.8. The zero-order chi connectivity index (χ0) is 10.1. The van der Waals surface area contributed by atoms with Crippen molar-refractivity contribution in [2.24, 2.45) is 0 Å². The molecule has 1 atom stereocenters. The maximum Gasteiger partial charge on any atom is 0.508 e. The SMILES string of the molecule is CCCCCC(OCC)OC(=O)O. The molecule has 0 bridgehead atoms. The molecule has 0 aromatic rings. The van der Waals surface area contributed by atoms with Crippen LogP contribution < -0.4 is 0 Å². The van der Waals surface area contributed by atoms with Gasteiger partial charge in [-0.3, -0.25) is 0 Å². The van der Waals surface area contributed by atoms with Crippen LogP contribution in [0, 0.1) is 0 Å². The maximum atomic E-state index is 10.2. The second-order valence-electron chi connectivity index (χ2n) is 2.76. The first-order chi connectivity index (χ1) is 6.20. The van der Waals surface area contributed by atoms with Crippen molar-refractivity contribution in [1.29, 1.82) is 0 Å². The van der Waals surface area contributed by atoms with Gasteiger partial charge in [0.25, 0.3) is 0 Å². The molecule has 0 fully saturated rings. The first kappa shape index (κ1) is 12.2. The van der Waals surface area contributed by atoms with Gasteiger partial charge in [0.1, 0.15) is 0 Å². The molecule has 0 aliphatic rings. The van der Waals surface area contributed by atoms with Crippen LogP contribution in [0.4, 0.5) is 4.79 Å². The Labute approximate surface area is 78.8 Å². The summed E-state index contributed by atoms with van der Waals surface area (Å²) in [5.74, 6) is 0. The van der Waals surface area contributed by atoms with Crippen molar-refractivity contribution in [3.05, 3.63) is 0 Å². The number of hydrogen-bond donors (Lipinski definition) is 1. The van der Waals surface area contributed by atoms with E-state index in [9.17, 15) is 4.79 Å². The van der Waals surface area contributed by atoms with Crippen LogP contribution in [-0.4, -0.2) is 24.2 Å². The Kier molecular flexibility index (Phi) is 7.39. The van der Waals surface area contributed by atoms with Gasteiger partial charge in [-0.2, -0.15) is 0 Å². The highest BCUT2D eigenvalue weighted by Crippen LogP contribution is 2.08. The number of ether oxygens (including phenoxy) is 2. The van der Waals surface area contributed by atoms with Crippen LogP contribution in [0.25, 0.3) is 0 Å². The van der Waals surface area contributed by atoms with E-state index >= 15 is 0 Å². The highest BCUT2D eigenvalue weighted by molar-refractivity contribution is 5.56. The molecule has 4 nitrogen and oxygen atoms in total. The Bertz CT molecular complexity index is 136. The standard InChI is InChI=1S/C9H18O4/c1-3-5-6-7-8(12-4-2)13-9(10)11/h8H,3-7H2,1-2H3,(H,10,11). The van der Waals surface area contributed by atoms with Gasteiger partial charge in [0.15, 0.2) is 0 Å². The summed E-state index contributed by atoms with van der Waals surface area (Å²) in [6, 6.07) is 0. The molecule has 1 unspecified atom stereocenters. The third-order valence-corrected chi connectivity index (χ3v) is 1.63. The lowest BCUT2D eigenvalue weighted by Crippen LogP contribution is -2.20. The molecule has 0 saturated heterocycles. The summed E-state index contributed by atoms with van der Waals surface area (Å²) >= 11 is 0. The minimum Gasteiger partial charge on any atom is -0.450 e. The minimum atomic E-state index is -1.27. The van der Waals surface area contributed by atoms with E-state index in [2.05, 4.69) is 11.7 Å². The summed E-state index contributed by atoms with van der Waals surface area (Å²) < 4.78 is 9.63. The molecule has 0 aromatic carbocycles. The predicted octanol–water partition coefficient (Wildman–Crippen LogP) is 2.62. The first-order valence-electron chi connectivity index (χ1n) is 4.71. The molecular formula is C9H18O4. The molecule has 0 aromatic heterocycles. The van der Waals surface area contributed by atoms with Crippen molar-refractivity contribution in [2.45, 2.75) is 45.8 Å². The van der Waals surface area contributed by atoms with Gasteiger partial charge < -0.3 is 14.6 Å². The second kappa shape index (κ2) is 7.86. The van der Waals surface area contributed by atoms with E-state index in [-0.39, 0.29) is 0 Å². The molecule has 0 radical (unpaired) electrons. The van der Waals surface area contributed by atoms with Gasteiger partial charge in [0.2, 0.25) is 6.29 Å². The Morgan fingerprint density at radius 2 is 2.08 bits per heavy atom. The third kappa shape index (κ3) is 7.59. The smallest absolute Gasteiger partial charge is 0.450 e. The van der Waals surface area contributed by atoms with Gasteiger partial charge in [-0.05, 0) is 13.3 Å². The fourth-order valence-corrected chi connectivity index (χ4v) is 1.04. The first-order valence-corrected chi connectivity index (χ1v) is 4.71. The number of rotatable bonds is 7. The molecule has 4 heteroatoms.